The highest BCUT2D eigenvalue weighted by Gasteiger charge is 1.97. The maximum absolute atomic E-state index is 8.66. The molecule has 84 valence electrons. The lowest BCUT2D eigenvalue weighted by Crippen LogP contribution is -2.25. The van der Waals surface area contributed by atoms with E-state index in [2.05, 4.69) is 4.90 Å². The first-order valence-electron chi connectivity index (χ1n) is 5.30. The van der Waals surface area contributed by atoms with E-state index < -0.39 is 0 Å². The van der Waals surface area contributed by atoms with Crippen molar-refractivity contribution in [1.82, 2.24) is 4.90 Å². The number of ether oxygens (including phenoxy) is 1. The van der Waals surface area contributed by atoms with Gasteiger partial charge in [-0.3, -0.25) is 0 Å². The minimum atomic E-state index is 0.254. The van der Waals surface area contributed by atoms with Gasteiger partial charge in [-0.15, -0.1) is 0 Å². The SMILES string of the molecule is CN(CCCO)CCOc1ccccc1. The Hall–Kier alpha value is -1.06. The van der Waals surface area contributed by atoms with Gasteiger partial charge in [0.2, 0.25) is 0 Å². The first-order chi connectivity index (χ1) is 7.33. The van der Waals surface area contributed by atoms with Crippen LogP contribution in [0.3, 0.4) is 0 Å². The molecule has 0 aliphatic carbocycles. The second kappa shape index (κ2) is 7.26. The summed E-state index contributed by atoms with van der Waals surface area (Å²) in [5.41, 5.74) is 0. The molecule has 0 saturated carbocycles. The molecular weight excluding hydrogens is 190 g/mol. The van der Waals surface area contributed by atoms with Crippen molar-refractivity contribution >= 4 is 0 Å². The number of nitrogens with zero attached hydrogens (tertiary/aromatic N) is 1. The molecule has 0 saturated heterocycles. The van der Waals surface area contributed by atoms with Crippen molar-refractivity contribution in [3.63, 3.8) is 0 Å². The molecule has 0 radical (unpaired) electrons. The Morgan fingerprint density at radius 3 is 2.60 bits per heavy atom. The molecule has 0 bridgehead atoms. The third-order valence-electron chi connectivity index (χ3n) is 2.18. The van der Waals surface area contributed by atoms with E-state index >= 15 is 0 Å². The van der Waals surface area contributed by atoms with E-state index in [9.17, 15) is 0 Å². The molecule has 1 aromatic carbocycles. The van der Waals surface area contributed by atoms with E-state index in [0.717, 1.165) is 25.3 Å². The second-order valence-electron chi connectivity index (χ2n) is 3.54. The fourth-order valence-corrected chi connectivity index (χ4v) is 1.29. The van der Waals surface area contributed by atoms with E-state index in [1.165, 1.54) is 0 Å². The summed E-state index contributed by atoms with van der Waals surface area (Å²) < 4.78 is 5.55. The van der Waals surface area contributed by atoms with E-state index in [1.807, 2.05) is 37.4 Å². The van der Waals surface area contributed by atoms with Crippen LogP contribution in [0.4, 0.5) is 0 Å². The normalized spacial score (nSPS) is 10.6. The average Bonchev–Trinajstić information content (AvgIpc) is 2.28. The fraction of sp³-hybridized carbons (Fsp3) is 0.500. The topological polar surface area (TPSA) is 32.7 Å². The van der Waals surface area contributed by atoms with Crippen molar-refractivity contribution in [2.75, 3.05) is 33.4 Å². The zero-order valence-electron chi connectivity index (χ0n) is 9.22. The monoisotopic (exact) mass is 209 g/mol. The molecule has 1 rings (SSSR count). The maximum Gasteiger partial charge on any atom is 0.119 e. The molecule has 15 heavy (non-hydrogen) atoms. The molecule has 0 amide bonds. The summed E-state index contributed by atoms with van der Waals surface area (Å²) in [7, 11) is 2.03. The summed E-state index contributed by atoms with van der Waals surface area (Å²) in [6, 6.07) is 9.80. The van der Waals surface area contributed by atoms with Crippen molar-refractivity contribution in [2.45, 2.75) is 6.42 Å². The molecule has 1 N–H and O–H groups in total. The van der Waals surface area contributed by atoms with Gasteiger partial charge in [0.05, 0.1) is 0 Å². The number of hydrogen-bond acceptors (Lipinski definition) is 3. The summed E-state index contributed by atoms with van der Waals surface area (Å²) in [4.78, 5) is 2.15. The van der Waals surface area contributed by atoms with Gasteiger partial charge in [-0.25, -0.2) is 0 Å². The van der Waals surface area contributed by atoms with Gasteiger partial charge in [-0.05, 0) is 25.6 Å². The van der Waals surface area contributed by atoms with Crippen molar-refractivity contribution in [3.8, 4) is 5.75 Å². The molecule has 0 fully saturated rings. The van der Waals surface area contributed by atoms with Crippen molar-refractivity contribution in [2.24, 2.45) is 0 Å². The van der Waals surface area contributed by atoms with Crippen LogP contribution in [0.1, 0.15) is 6.42 Å². The van der Waals surface area contributed by atoms with Crippen molar-refractivity contribution in [1.29, 1.82) is 0 Å². The molecule has 0 unspecified atom stereocenters. The summed E-state index contributed by atoms with van der Waals surface area (Å²) in [5.74, 6) is 0.910. The highest BCUT2D eigenvalue weighted by atomic mass is 16.5. The number of para-hydroxylation sites is 1. The van der Waals surface area contributed by atoms with Crippen LogP contribution in [0.25, 0.3) is 0 Å². The molecule has 0 spiro atoms. The van der Waals surface area contributed by atoms with Crippen molar-refractivity contribution < 1.29 is 9.84 Å². The predicted octanol–water partition coefficient (Wildman–Crippen LogP) is 1.38. The van der Waals surface area contributed by atoms with Gasteiger partial charge in [0.1, 0.15) is 12.4 Å². The fourth-order valence-electron chi connectivity index (χ4n) is 1.29. The van der Waals surface area contributed by atoms with Crippen LogP contribution in [0.5, 0.6) is 5.75 Å². The first kappa shape index (κ1) is 12.0. The Labute approximate surface area is 91.3 Å². The number of aliphatic hydroxyl groups is 1. The van der Waals surface area contributed by atoms with Crippen LogP contribution in [-0.2, 0) is 0 Å². The zero-order valence-corrected chi connectivity index (χ0v) is 9.22. The lowest BCUT2D eigenvalue weighted by atomic mass is 10.3. The quantitative estimate of drug-likeness (QED) is 0.736. The van der Waals surface area contributed by atoms with Gasteiger partial charge >= 0.3 is 0 Å². The Bertz CT molecular complexity index is 251. The van der Waals surface area contributed by atoms with Crippen LogP contribution >= 0.6 is 0 Å². The lowest BCUT2D eigenvalue weighted by Gasteiger charge is -2.16. The number of rotatable bonds is 7. The van der Waals surface area contributed by atoms with Gasteiger partial charge in [-0.1, -0.05) is 18.2 Å². The third kappa shape index (κ3) is 5.40. The number of aliphatic hydroxyl groups excluding tert-OH is 1. The van der Waals surface area contributed by atoms with Gasteiger partial charge < -0.3 is 14.7 Å². The molecular formula is C12H19NO2. The number of benzene rings is 1. The summed E-state index contributed by atoms with van der Waals surface area (Å²) >= 11 is 0. The molecule has 0 aromatic heterocycles. The first-order valence-corrected chi connectivity index (χ1v) is 5.30. The minimum absolute atomic E-state index is 0.254. The van der Waals surface area contributed by atoms with Crippen LogP contribution in [0, 0.1) is 0 Å². The smallest absolute Gasteiger partial charge is 0.119 e. The lowest BCUT2D eigenvalue weighted by molar-refractivity contribution is 0.213. The summed E-state index contributed by atoms with van der Waals surface area (Å²) in [6.07, 6.45) is 0.821. The Kier molecular flexibility index (Phi) is 5.81. The molecule has 3 heteroatoms. The van der Waals surface area contributed by atoms with Gasteiger partial charge in [-0.2, -0.15) is 0 Å². The molecule has 3 nitrogen and oxygen atoms in total. The third-order valence-corrected chi connectivity index (χ3v) is 2.18. The van der Waals surface area contributed by atoms with E-state index in [0.29, 0.717) is 6.61 Å². The summed E-state index contributed by atoms with van der Waals surface area (Å²) in [6.45, 7) is 2.74. The van der Waals surface area contributed by atoms with Gasteiger partial charge in [0.25, 0.3) is 0 Å². The highest BCUT2D eigenvalue weighted by molar-refractivity contribution is 5.20. The minimum Gasteiger partial charge on any atom is -0.492 e. The molecule has 0 atom stereocenters. The Balaban J connectivity index is 2.11. The van der Waals surface area contributed by atoms with E-state index in [-0.39, 0.29) is 6.61 Å². The number of hydrogen-bond donors (Lipinski definition) is 1. The largest absolute Gasteiger partial charge is 0.492 e. The maximum atomic E-state index is 8.66. The van der Waals surface area contributed by atoms with Gasteiger partial charge in [0.15, 0.2) is 0 Å². The van der Waals surface area contributed by atoms with E-state index in [4.69, 9.17) is 9.84 Å². The van der Waals surface area contributed by atoms with E-state index in [1.54, 1.807) is 0 Å². The Morgan fingerprint density at radius 2 is 1.93 bits per heavy atom. The van der Waals surface area contributed by atoms with Crippen LogP contribution in [0.15, 0.2) is 30.3 Å². The predicted molar refractivity (Wildman–Crippen MR) is 61.1 cm³/mol. The van der Waals surface area contributed by atoms with Crippen LogP contribution < -0.4 is 4.74 Å². The van der Waals surface area contributed by atoms with Gasteiger partial charge in [0, 0.05) is 19.7 Å². The zero-order chi connectivity index (χ0) is 10.9. The molecule has 0 aliphatic heterocycles. The average molecular weight is 209 g/mol. The van der Waals surface area contributed by atoms with Crippen LogP contribution in [0.2, 0.25) is 0 Å². The second-order valence-corrected chi connectivity index (χ2v) is 3.54. The molecule has 1 aromatic rings. The van der Waals surface area contributed by atoms with Crippen LogP contribution in [-0.4, -0.2) is 43.4 Å². The number of likely N-dealkylation sites (N-methyl/N-ethyl adjacent to an activating group) is 1. The highest BCUT2D eigenvalue weighted by Crippen LogP contribution is 2.07. The summed E-state index contributed by atoms with van der Waals surface area (Å²) in [5, 5.41) is 8.66. The standard InChI is InChI=1S/C12H19NO2/c1-13(8-5-10-14)9-11-15-12-6-3-2-4-7-12/h2-4,6-7,14H,5,8-11H2,1H3. The Morgan fingerprint density at radius 1 is 1.20 bits per heavy atom. The molecule has 0 heterocycles. The molecule has 0 aliphatic rings. The van der Waals surface area contributed by atoms with Crippen molar-refractivity contribution in [3.05, 3.63) is 30.3 Å².